The van der Waals surface area contributed by atoms with Crippen molar-refractivity contribution >= 4 is 11.7 Å². The lowest BCUT2D eigenvalue weighted by Gasteiger charge is -2.24. The van der Waals surface area contributed by atoms with E-state index in [-0.39, 0.29) is 10.8 Å². The van der Waals surface area contributed by atoms with Gasteiger partial charge in [0, 0.05) is 22.0 Å². The predicted octanol–water partition coefficient (Wildman–Crippen LogP) is 13.8. The second-order valence-electron chi connectivity index (χ2n) is 17.5. The molecule has 1 unspecified atom stereocenters. The number of nitrogens with zero attached hydrogens (tertiary/aromatic N) is 2. The van der Waals surface area contributed by atoms with Crippen LogP contribution in [-0.2, 0) is 10.8 Å². The Kier molecular flexibility index (Phi) is 8.25. The summed E-state index contributed by atoms with van der Waals surface area (Å²) < 4.78 is 0. The Hall–Kier alpha value is -7.10. The largest absolute Gasteiger partial charge is 0.324 e. The molecule has 8 aromatic rings. The molecule has 1 N–H and O–H groups in total. The Morgan fingerprint density at radius 2 is 0.750 bits per heavy atom. The molecule has 0 radical (unpaired) electrons. The van der Waals surface area contributed by atoms with Gasteiger partial charge in [-0.05, 0) is 108 Å². The van der Waals surface area contributed by atoms with Gasteiger partial charge < -0.3 is 5.32 Å². The van der Waals surface area contributed by atoms with Crippen LogP contribution < -0.4 is 5.32 Å². The zero-order valence-corrected chi connectivity index (χ0v) is 34.4. The Labute approximate surface area is 352 Å². The van der Waals surface area contributed by atoms with Crippen molar-refractivity contribution in [3.05, 3.63) is 227 Å². The summed E-state index contributed by atoms with van der Waals surface area (Å²) in [4.78, 5) is 10.4. The Morgan fingerprint density at radius 3 is 1.38 bits per heavy atom. The van der Waals surface area contributed by atoms with Gasteiger partial charge in [-0.3, -0.25) is 0 Å². The van der Waals surface area contributed by atoms with Crippen LogP contribution in [-0.4, -0.2) is 11.7 Å². The average Bonchev–Trinajstić information content (AvgIpc) is 3.67. The maximum Gasteiger partial charge on any atom is 0.169 e. The third kappa shape index (κ3) is 5.87. The molecule has 0 saturated heterocycles. The van der Waals surface area contributed by atoms with Crippen LogP contribution in [0, 0.1) is 0 Å². The average molecular weight is 772 g/mol. The van der Waals surface area contributed by atoms with Gasteiger partial charge in [0.15, 0.2) is 6.17 Å². The first-order chi connectivity index (χ1) is 29.2. The lowest BCUT2D eigenvalue weighted by molar-refractivity contribution is 0.652. The zero-order valence-electron chi connectivity index (χ0n) is 34.4. The maximum atomic E-state index is 5.20. The highest BCUT2D eigenvalue weighted by atomic mass is 15.2. The van der Waals surface area contributed by atoms with Crippen LogP contribution in [0.5, 0.6) is 0 Å². The van der Waals surface area contributed by atoms with E-state index in [0.29, 0.717) is 0 Å². The number of rotatable bonds is 6. The van der Waals surface area contributed by atoms with Gasteiger partial charge in [0.1, 0.15) is 11.7 Å². The van der Waals surface area contributed by atoms with Crippen molar-refractivity contribution in [1.29, 1.82) is 0 Å². The van der Waals surface area contributed by atoms with E-state index in [0.717, 1.165) is 39.5 Å². The SMILES string of the molecule is CC1(C)c2ccccc2-c2cc3c(cc21)-c1ccc(-c2ccc(-c4cccc(C5N=C(c6ccccc6)NC(c6ccc(-c7ccccc7)cc6)=N5)c4)cc2)cc1C3(C)C. The van der Waals surface area contributed by atoms with Gasteiger partial charge in [-0.1, -0.05) is 191 Å². The molecule has 3 aliphatic rings. The highest BCUT2D eigenvalue weighted by Gasteiger charge is 2.41. The number of amidine groups is 2. The molecule has 2 aliphatic carbocycles. The first kappa shape index (κ1) is 36.0. The summed E-state index contributed by atoms with van der Waals surface area (Å²) in [6.45, 7) is 9.52. The zero-order chi connectivity index (χ0) is 40.6. The van der Waals surface area contributed by atoms with Crippen LogP contribution in [0.1, 0.15) is 72.8 Å². The molecule has 1 aliphatic heterocycles. The highest BCUT2D eigenvalue weighted by Crippen LogP contribution is 2.56. The summed E-state index contributed by atoms with van der Waals surface area (Å²) in [7, 11) is 0. The van der Waals surface area contributed by atoms with E-state index < -0.39 is 6.17 Å². The third-order valence-electron chi connectivity index (χ3n) is 13.2. The van der Waals surface area contributed by atoms with E-state index in [1.165, 1.54) is 66.8 Å². The molecular weight excluding hydrogens is 727 g/mol. The van der Waals surface area contributed by atoms with Crippen LogP contribution in [0.25, 0.3) is 55.6 Å². The molecule has 1 heterocycles. The van der Waals surface area contributed by atoms with E-state index in [4.69, 9.17) is 9.98 Å². The molecule has 0 amide bonds. The first-order valence-electron chi connectivity index (χ1n) is 21.0. The molecule has 3 heteroatoms. The smallest absolute Gasteiger partial charge is 0.169 e. The van der Waals surface area contributed by atoms with Crippen molar-refractivity contribution in [2.24, 2.45) is 9.98 Å². The lowest BCUT2D eigenvalue weighted by Crippen LogP contribution is -2.36. The van der Waals surface area contributed by atoms with Gasteiger partial charge in [-0.25, -0.2) is 9.98 Å². The summed E-state index contributed by atoms with van der Waals surface area (Å²) in [5.41, 5.74) is 21.2. The van der Waals surface area contributed by atoms with Crippen LogP contribution in [0.15, 0.2) is 198 Å². The fourth-order valence-corrected chi connectivity index (χ4v) is 9.78. The number of hydrogen-bond donors (Lipinski definition) is 1. The van der Waals surface area contributed by atoms with Crippen molar-refractivity contribution < 1.29 is 0 Å². The number of fused-ring (bicyclic) bond motifs is 6. The molecule has 0 aromatic heterocycles. The van der Waals surface area contributed by atoms with Crippen molar-refractivity contribution in [3.8, 4) is 55.6 Å². The van der Waals surface area contributed by atoms with Gasteiger partial charge >= 0.3 is 0 Å². The summed E-state index contributed by atoms with van der Waals surface area (Å²) in [5.74, 6) is 1.62. The maximum absolute atomic E-state index is 5.20. The van der Waals surface area contributed by atoms with Gasteiger partial charge in [0.2, 0.25) is 0 Å². The van der Waals surface area contributed by atoms with Crippen molar-refractivity contribution in [2.75, 3.05) is 0 Å². The van der Waals surface area contributed by atoms with E-state index in [1.54, 1.807) is 0 Å². The van der Waals surface area contributed by atoms with E-state index in [1.807, 2.05) is 24.3 Å². The first-order valence-corrected chi connectivity index (χ1v) is 21.0. The number of hydrogen-bond acceptors (Lipinski definition) is 3. The normalized spacial score (nSPS) is 16.4. The van der Waals surface area contributed by atoms with Crippen LogP contribution >= 0.6 is 0 Å². The molecule has 60 heavy (non-hydrogen) atoms. The summed E-state index contributed by atoms with van der Waals surface area (Å²) in [6, 6.07) is 68.1. The third-order valence-corrected chi connectivity index (χ3v) is 13.2. The van der Waals surface area contributed by atoms with E-state index >= 15 is 0 Å². The molecule has 0 saturated carbocycles. The highest BCUT2D eigenvalue weighted by molar-refractivity contribution is 6.16. The van der Waals surface area contributed by atoms with Gasteiger partial charge in [0.05, 0.1) is 0 Å². The fourth-order valence-electron chi connectivity index (χ4n) is 9.78. The number of aliphatic imine (C=N–C) groups is 2. The monoisotopic (exact) mass is 771 g/mol. The summed E-state index contributed by atoms with van der Waals surface area (Å²) in [5, 5.41) is 3.56. The van der Waals surface area contributed by atoms with Gasteiger partial charge in [-0.15, -0.1) is 0 Å². The minimum atomic E-state index is -0.398. The van der Waals surface area contributed by atoms with Gasteiger partial charge in [0.25, 0.3) is 0 Å². The molecule has 1 atom stereocenters. The van der Waals surface area contributed by atoms with E-state index in [2.05, 4.69) is 197 Å². The Bertz CT molecular complexity index is 3030. The fraction of sp³-hybridized carbons (Fsp3) is 0.123. The molecule has 11 rings (SSSR count). The van der Waals surface area contributed by atoms with Crippen LogP contribution in [0.2, 0.25) is 0 Å². The van der Waals surface area contributed by atoms with E-state index in [9.17, 15) is 0 Å². The minimum Gasteiger partial charge on any atom is -0.324 e. The molecule has 0 fully saturated rings. The standard InChI is InChI=1S/C57H45N3/c1-56(2)49-21-12-11-20-45(49)47-34-52-48(35-51(47)56)46-31-30-43(33-50(46)57(52,3)4)39-24-22-38(23-25-39)42-18-13-19-44(32-42)55-59-53(40-16-9-6-10-17-40)58-54(60-55)41-28-26-37(27-29-41)36-14-7-5-8-15-36/h5-35,55H,1-4H3,(H,58,59,60). The van der Waals surface area contributed by atoms with Crippen LogP contribution in [0.4, 0.5) is 0 Å². The molecule has 0 bridgehead atoms. The van der Waals surface area contributed by atoms with Crippen LogP contribution in [0.3, 0.4) is 0 Å². The van der Waals surface area contributed by atoms with Crippen molar-refractivity contribution in [1.82, 2.24) is 5.32 Å². The summed E-state index contributed by atoms with van der Waals surface area (Å²) >= 11 is 0. The molecule has 0 spiro atoms. The molecule has 288 valence electrons. The Balaban J connectivity index is 0.891. The molecule has 8 aromatic carbocycles. The summed E-state index contributed by atoms with van der Waals surface area (Å²) in [6.07, 6.45) is -0.398. The molecule has 3 nitrogen and oxygen atoms in total. The second kappa shape index (κ2) is 13.7. The van der Waals surface area contributed by atoms with Crippen molar-refractivity contribution in [2.45, 2.75) is 44.7 Å². The minimum absolute atomic E-state index is 0.0208. The van der Waals surface area contributed by atoms with Gasteiger partial charge in [-0.2, -0.15) is 0 Å². The quantitative estimate of drug-likeness (QED) is 0.180. The Morgan fingerprint density at radius 1 is 0.333 bits per heavy atom. The lowest BCUT2D eigenvalue weighted by atomic mass is 9.79. The van der Waals surface area contributed by atoms with Crippen molar-refractivity contribution in [3.63, 3.8) is 0 Å². The number of benzene rings is 8. The number of nitrogens with one attached hydrogen (secondary N) is 1. The topological polar surface area (TPSA) is 36.8 Å². The second-order valence-corrected chi connectivity index (χ2v) is 17.5. The molecular formula is C57H45N3. The predicted molar refractivity (Wildman–Crippen MR) is 250 cm³/mol.